The summed E-state index contributed by atoms with van der Waals surface area (Å²) >= 11 is 0. The van der Waals surface area contributed by atoms with Gasteiger partial charge >= 0.3 is 11.2 Å². The molecule has 0 saturated heterocycles. The summed E-state index contributed by atoms with van der Waals surface area (Å²) in [6, 6.07) is 3.06. The maximum atomic E-state index is 11.3. The number of aromatic nitrogens is 2. The van der Waals surface area contributed by atoms with Crippen LogP contribution in [0.15, 0.2) is 35.5 Å². The van der Waals surface area contributed by atoms with Crippen molar-refractivity contribution in [3.05, 3.63) is 56.8 Å². The Hall–Kier alpha value is -2.50. The van der Waals surface area contributed by atoms with Crippen LogP contribution < -0.4 is 5.56 Å². The van der Waals surface area contributed by atoms with Crippen LogP contribution >= 0.6 is 0 Å². The third-order valence-electron chi connectivity index (χ3n) is 2.68. The first kappa shape index (κ1) is 12.0. The van der Waals surface area contributed by atoms with Crippen molar-refractivity contribution in [2.45, 2.75) is 13.3 Å². The van der Waals surface area contributed by atoms with Crippen molar-refractivity contribution in [1.29, 1.82) is 0 Å². The Morgan fingerprint density at radius 3 is 2.94 bits per heavy atom. The minimum atomic E-state index is -0.698. The second-order valence-electron chi connectivity index (χ2n) is 3.75. The molecule has 0 aliphatic heterocycles. The third-order valence-corrected chi connectivity index (χ3v) is 2.68. The summed E-state index contributed by atoms with van der Waals surface area (Å²) in [4.78, 5) is 27.7. The lowest BCUT2D eigenvalue weighted by molar-refractivity contribution is -0.386. The van der Waals surface area contributed by atoms with Crippen molar-refractivity contribution in [2.24, 2.45) is 0 Å². The van der Waals surface area contributed by atoms with Crippen molar-refractivity contribution >= 4 is 5.69 Å². The van der Waals surface area contributed by atoms with Gasteiger partial charge in [0.15, 0.2) is 0 Å². The lowest BCUT2D eigenvalue weighted by Gasteiger charge is -2.06. The van der Waals surface area contributed by atoms with E-state index in [2.05, 4.69) is 9.97 Å². The second kappa shape index (κ2) is 4.79. The summed E-state index contributed by atoms with van der Waals surface area (Å²) in [7, 11) is 0. The number of pyridine rings is 2. The van der Waals surface area contributed by atoms with E-state index in [1.54, 1.807) is 18.5 Å². The van der Waals surface area contributed by atoms with E-state index in [9.17, 15) is 14.9 Å². The lowest BCUT2D eigenvalue weighted by Crippen LogP contribution is -2.10. The summed E-state index contributed by atoms with van der Waals surface area (Å²) in [5.41, 5.74) is 1.27. The molecule has 0 atom stereocenters. The number of hydrogen-bond donors (Lipinski definition) is 1. The van der Waals surface area contributed by atoms with E-state index >= 15 is 0 Å². The van der Waals surface area contributed by atoms with Gasteiger partial charge in [-0.3, -0.25) is 19.9 Å². The Balaban J connectivity index is 2.61. The molecular formula is C12H11N3O3. The number of nitro groups is 1. The van der Waals surface area contributed by atoms with E-state index in [-0.39, 0.29) is 0 Å². The standard InChI is InChI=1S/C12H11N3O3/c1-2-8-6-13-4-3-10(8)9-5-11(15(17)18)12(16)14-7-9/h3-7H,2H2,1H3,(H,14,16). The number of H-pyrrole nitrogens is 1. The van der Waals surface area contributed by atoms with Gasteiger partial charge in [0.1, 0.15) is 0 Å². The fraction of sp³-hybridized carbons (Fsp3) is 0.167. The van der Waals surface area contributed by atoms with Crippen LogP contribution in [0.4, 0.5) is 5.69 Å². The molecule has 2 rings (SSSR count). The molecule has 1 N–H and O–H groups in total. The summed E-state index contributed by atoms with van der Waals surface area (Å²) in [6.07, 6.45) is 5.57. The number of nitrogens with zero attached hydrogens (tertiary/aromatic N) is 2. The van der Waals surface area contributed by atoms with Gasteiger partial charge in [-0.2, -0.15) is 0 Å². The first-order valence-corrected chi connectivity index (χ1v) is 5.44. The Kier molecular flexibility index (Phi) is 3.18. The second-order valence-corrected chi connectivity index (χ2v) is 3.75. The van der Waals surface area contributed by atoms with E-state index in [0.29, 0.717) is 5.56 Å². The first-order chi connectivity index (χ1) is 8.63. The Morgan fingerprint density at radius 1 is 1.50 bits per heavy atom. The van der Waals surface area contributed by atoms with Crippen LogP contribution in [0.2, 0.25) is 0 Å². The molecule has 0 aromatic carbocycles. The van der Waals surface area contributed by atoms with Crippen molar-refractivity contribution in [3.8, 4) is 11.1 Å². The molecule has 0 fully saturated rings. The molecule has 92 valence electrons. The van der Waals surface area contributed by atoms with Crippen LogP contribution in [0, 0.1) is 10.1 Å². The predicted octanol–water partition coefficient (Wildman–Crippen LogP) is 1.91. The molecule has 2 aromatic heterocycles. The quantitative estimate of drug-likeness (QED) is 0.660. The fourth-order valence-corrected chi connectivity index (χ4v) is 1.75. The average Bonchev–Trinajstić information content (AvgIpc) is 2.39. The normalized spacial score (nSPS) is 10.3. The molecule has 2 aromatic rings. The van der Waals surface area contributed by atoms with Gasteiger partial charge in [-0.05, 0) is 23.6 Å². The van der Waals surface area contributed by atoms with E-state index in [0.717, 1.165) is 17.5 Å². The molecule has 0 saturated carbocycles. The summed E-state index contributed by atoms with van der Waals surface area (Å²) in [5, 5.41) is 10.7. The fourth-order valence-electron chi connectivity index (χ4n) is 1.75. The zero-order valence-electron chi connectivity index (χ0n) is 9.71. The molecule has 2 heterocycles. The lowest BCUT2D eigenvalue weighted by atomic mass is 10.0. The van der Waals surface area contributed by atoms with Crippen LogP contribution in [0.5, 0.6) is 0 Å². The minimum Gasteiger partial charge on any atom is -0.323 e. The molecule has 0 amide bonds. The van der Waals surface area contributed by atoms with Gasteiger partial charge in [0.25, 0.3) is 0 Å². The summed E-state index contributed by atoms with van der Waals surface area (Å²) in [5.74, 6) is 0. The van der Waals surface area contributed by atoms with Gasteiger partial charge in [0.05, 0.1) is 4.92 Å². The average molecular weight is 245 g/mol. The molecule has 0 aliphatic carbocycles. The van der Waals surface area contributed by atoms with E-state index in [1.807, 2.05) is 6.92 Å². The maximum absolute atomic E-state index is 11.3. The van der Waals surface area contributed by atoms with Crippen molar-refractivity contribution in [2.75, 3.05) is 0 Å². The topological polar surface area (TPSA) is 88.9 Å². The molecular weight excluding hydrogens is 234 g/mol. The number of hydrogen-bond acceptors (Lipinski definition) is 4. The van der Waals surface area contributed by atoms with Gasteiger partial charge in [0.2, 0.25) is 0 Å². The molecule has 6 heteroatoms. The minimum absolute atomic E-state index is 0.452. The van der Waals surface area contributed by atoms with Gasteiger partial charge in [-0.15, -0.1) is 0 Å². The van der Waals surface area contributed by atoms with Crippen LogP contribution in [0.25, 0.3) is 11.1 Å². The first-order valence-electron chi connectivity index (χ1n) is 5.44. The summed E-state index contributed by atoms with van der Waals surface area (Å²) in [6.45, 7) is 1.97. The zero-order valence-corrected chi connectivity index (χ0v) is 9.71. The van der Waals surface area contributed by atoms with Gasteiger partial charge in [0, 0.05) is 30.2 Å². The highest BCUT2D eigenvalue weighted by Crippen LogP contribution is 2.24. The highest BCUT2D eigenvalue weighted by atomic mass is 16.6. The number of aryl methyl sites for hydroxylation is 1. The van der Waals surface area contributed by atoms with E-state index in [1.165, 1.54) is 12.3 Å². The van der Waals surface area contributed by atoms with Crippen LogP contribution in [-0.2, 0) is 6.42 Å². The van der Waals surface area contributed by atoms with E-state index in [4.69, 9.17) is 0 Å². The SMILES string of the molecule is CCc1cnccc1-c1c[nH]c(=O)c([N+](=O)[O-])c1. The van der Waals surface area contributed by atoms with Crippen LogP contribution in [-0.4, -0.2) is 14.9 Å². The molecule has 0 spiro atoms. The monoisotopic (exact) mass is 245 g/mol. The number of nitrogens with one attached hydrogen (secondary N) is 1. The smallest absolute Gasteiger partial charge is 0.323 e. The van der Waals surface area contributed by atoms with Gasteiger partial charge < -0.3 is 4.98 Å². The van der Waals surface area contributed by atoms with Crippen molar-refractivity contribution in [1.82, 2.24) is 9.97 Å². The Morgan fingerprint density at radius 2 is 2.28 bits per heavy atom. The maximum Gasteiger partial charge on any atom is 0.334 e. The molecule has 6 nitrogen and oxygen atoms in total. The Bertz CT molecular complexity index is 649. The van der Waals surface area contributed by atoms with Crippen LogP contribution in [0.3, 0.4) is 0 Å². The number of rotatable bonds is 3. The Labute approximate surface area is 102 Å². The third kappa shape index (κ3) is 2.13. The largest absolute Gasteiger partial charge is 0.334 e. The molecule has 0 aliphatic rings. The molecule has 18 heavy (non-hydrogen) atoms. The zero-order chi connectivity index (χ0) is 13.1. The number of aromatic amines is 1. The van der Waals surface area contributed by atoms with Gasteiger partial charge in [-0.25, -0.2) is 0 Å². The summed E-state index contributed by atoms with van der Waals surface area (Å²) < 4.78 is 0. The van der Waals surface area contributed by atoms with Crippen molar-refractivity contribution in [3.63, 3.8) is 0 Å². The highest BCUT2D eigenvalue weighted by molar-refractivity contribution is 5.67. The molecule has 0 radical (unpaired) electrons. The van der Waals surface area contributed by atoms with Crippen molar-refractivity contribution < 1.29 is 4.92 Å². The molecule has 0 bridgehead atoms. The molecule has 0 unspecified atom stereocenters. The van der Waals surface area contributed by atoms with Crippen LogP contribution in [0.1, 0.15) is 12.5 Å². The van der Waals surface area contributed by atoms with Gasteiger partial charge in [-0.1, -0.05) is 6.92 Å². The van der Waals surface area contributed by atoms with E-state index < -0.39 is 16.2 Å². The highest BCUT2D eigenvalue weighted by Gasteiger charge is 2.14. The predicted molar refractivity (Wildman–Crippen MR) is 66.3 cm³/mol.